The van der Waals surface area contributed by atoms with Crippen molar-refractivity contribution in [3.63, 3.8) is 0 Å². The van der Waals surface area contributed by atoms with Gasteiger partial charge in [-0.05, 0) is 18.4 Å². The van der Waals surface area contributed by atoms with Crippen molar-refractivity contribution in [3.05, 3.63) is 39.9 Å². The summed E-state index contributed by atoms with van der Waals surface area (Å²) in [6.45, 7) is 4.05. The van der Waals surface area contributed by atoms with Gasteiger partial charge in [0.15, 0.2) is 0 Å². The normalized spacial score (nSPS) is 20.5. The number of morpholine rings is 1. The fourth-order valence-corrected chi connectivity index (χ4v) is 4.10. The van der Waals surface area contributed by atoms with E-state index in [4.69, 9.17) is 4.74 Å². The Hall–Kier alpha value is -1.99. The zero-order valence-corrected chi connectivity index (χ0v) is 15.1. The van der Waals surface area contributed by atoms with Crippen molar-refractivity contribution in [3.8, 4) is 0 Å². The molecular weight excluding hydrogens is 334 g/mol. The first kappa shape index (κ1) is 18.8. The van der Waals surface area contributed by atoms with Crippen LogP contribution in [0.1, 0.15) is 37.7 Å². The molecule has 1 aliphatic carbocycles. The fourth-order valence-electron chi connectivity index (χ4n) is 4.10. The Balaban J connectivity index is 1.57. The number of nitro groups is 1. The fraction of sp³-hybridized carbons (Fsp3) is 0.632. The number of carbonyl (C=O) groups excluding carboxylic acids is 1. The number of benzene rings is 1. The third kappa shape index (κ3) is 4.59. The van der Waals surface area contributed by atoms with Gasteiger partial charge in [-0.2, -0.15) is 0 Å². The van der Waals surface area contributed by atoms with Crippen molar-refractivity contribution in [2.45, 2.75) is 44.1 Å². The van der Waals surface area contributed by atoms with E-state index >= 15 is 0 Å². The van der Waals surface area contributed by atoms with Gasteiger partial charge in [0.2, 0.25) is 5.91 Å². The Morgan fingerprint density at radius 1 is 1.15 bits per heavy atom. The molecule has 1 aromatic rings. The van der Waals surface area contributed by atoms with Gasteiger partial charge in [-0.25, -0.2) is 0 Å². The lowest BCUT2D eigenvalue weighted by molar-refractivity contribution is -0.384. The molecule has 1 aliphatic heterocycles. The van der Waals surface area contributed by atoms with Crippen LogP contribution in [0.2, 0.25) is 0 Å². The summed E-state index contributed by atoms with van der Waals surface area (Å²) in [6.07, 6.45) is 6.15. The second kappa shape index (κ2) is 8.60. The average Bonchev–Trinajstić information content (AvgIpc) is 2.68. The predicted molar refractivity (Wildman–Crippen MR) is 98.0 cm³/mol. The van der Waals surface area contributed by atoms with Gasteiger partial charge in [-0.3, -0.25) is 19.8 Å². The standard InChI is InChI=1S/C19H27N3O4/c23-18(14-16-4-6-17(7-5-16)22(24)25)20-15-19(8-2-1-3-9-19)21-10-12-26-13-11-21/h4-7H,1-3,8-15H2,(H,20,23). The monoisotopic (exact) mass is 361 g/mol. The van der Waals surface area contributed by atoms with Crippen molar-refractivity contribution in [1.82, 2.24) is 10.2 Å². The quantitative estimate of drug-likeness (QED) is 0.621. The molecule has 1 saturated heterocycles. The van der Waals surface area contributed by atoms with E-state index in [2.05, 4.69) is 10.2 Å². The number of hydrogen-bond donors (Lipinski definition) is 1. The first-order valence-corrected chi connectivity index (χ1v) is 9.42. The van der Waals surface area contributed by atoms with Gasteiger partial charge in [0, 0.05) is 37.3 Å². The molecule has 3 rings (SSSR count). The largest absolute Gasteiger partial charge is 0.379 e. The maximum Gasteiger partial charge on any atom is 0.269 e. The first-order chi connectivity index (χ1) is 12.6. The summed E-state index contributed by atoms with van der Waals surface area (Å²) in [7, 11) is 0. The van der Waals surface area contributed by atoms with E-state index < -0.39 is 4.92 Å². The molecule has 2 fully saturated rings. The summed E-state index contributed by atoms with van der Waals surface area (Å²) in [5, 5.41) is 13.8. The summed E-state index contributed by atoms with van der Waals surface area (Å²) < 4.78 is 5.49. The van der Waals surface area contributed by atoms with Crippen molar-refractivity contribution in [2.75, 3.05) is 32.8 Å². The zero-order valence-electron chi connectivity index (χ0n) is 15.1. The summed E-state index contributed by atoms with van der Waals surface area (Å²) in [4.78, 5) is 25.2. The molecule has 0 atom stereocenters. The summed E-state index contributed by atoms with van der Waals surface area (Å²) in [5.74, 6) is -0.0305. The number of nitrogens with one attached hydrogen (secondary N) is 1. The van der Waals surface area contributed by atoms with E-state index in [1.54, 1.807) is 12.1 Å². The van der Waals surface area contributed by atoms with E-state index in [1.165, 1.54) is 31.4 Å². The highest BCUT2D eigenvalue weighted by atomic mass is 16.6. The Bertz CT molecular complexity index is 620. The lowest BCUT2D eigenvalue weighted by atomic mass is 9.79. The van der Waals surface area contributed by atoms with Crippen molar-refractivity contribution >= 4 is 11.6 Å². The van der Waals surface area contributed by atoms with Gasteiger partial charge < -0.3 is 10.1 Å². The lowest BCUT2D eigenvalue weighted by Gasteiger charge is -2.48. The molecular formula is C19H27N3O4. The van der Waals surface area contributed by atoms with Gasteiger partial charge in [0.05, 0.1) is 24.6 Å². The highest BCUT2D eigenvalue weighted by Crippen LogP contribution is 2.33. The average molecular weight is 361 g/mol. The van der Waals surface area contributed by atoms with Crippen LogP contribution in [-0.4, -0.2) is 54.1 Å². The van der Waals surface area contributed by atoms with Gasteiger partial charge >= 0.3 is 0 Å². The number of nitrogens with zero attached hydrogens (tertiary/aromatic N) is 2. The van der Waals surface area contributed by atoms with Gasteiger partial charge in [-0.1, -0.05) is 31.4 Å². The number of non-ortho nitro benzene ring substituents is 1. The summed E-state index contributed by atoms with van der Waals surface area (Å²) in [6, 6.07) is 6.18. The molecule has 0 radical (unpaired) electrons. The van der Waals surface area contributed by atoms with Crippen LogP contribution in [0.15, 0.2) is 24.3 Å². The van der Waals surface area contributed by atoms with Crippen LogP contribution in [-0.2, 0) is 16.0 Å². The number of ether oxygens (including phenoxy) is 1. The molecule has 1 heterocycles. The van der Waals surface area contributed by atoms with E-state index in [0.717, 1.165) is 44.7 Å². The van der Waals surface area contributed by atoms with Crippen LogP contribution in [0.4, 0.5) is 5.69 Å². The molecule has 0 unspecified atom stereocenters. The number of amides is 1. The molecule has 1 saturated carbocycles. The molecule has 1 aromatic carbocycles. The van der Waals surface area contributed by atoms with Crippen molar-refractivity contribution < 1.29 is 14.5 Å². The van der Waals surface area contributed by atoms with Gasteiger partial charge in [0.25, 0.3) is 5.69 Å². The van der Waals surface area contributed by atoms with Crippen LogP contribution in [0.5, 0.6) is 0 Å². The molecule has 26 heavy (non-hydrogen) atoms. The van der Waals surface area contributed by atoms with Gasteiger partial charge in [0.1, 0.15) is 0 Å². The van der Waals surface area contributed by atoms with E-state index in [-0.39, 0.29) is 23.6 Å². The molecule has 142 valence electrons. The molecule has 7 nitrogen and oxygen atoms in total. The minimum absolute atomic E-state index is 0.0305. The second-order valence-corrected chi connectivity index (χ2v) is 7.26. The molecule has 1 amide bonds. The Labute approximate surface area is 153 Å². The smallest absolute Gasteiger partial charge is 0.269 e. The Morgan fingerprint density at radius 2 is 1.81 bits per heavy atom. The number of nitro benzene ring substituents is 1. The summed E-state index contributed by atoms with van der Waals surface area (Å²) in [5.41, 5.74) is 0.882. The van der Waals surface area contributed by atoms with Crippen molar-refractivity contribution in [1.29, 1.82) is 0 Å². The Kier molecular flexibility index (Phi) is 6.21. The predicted octanol–water partition coefficient (Wildman–Crippen LogP) is 2.29. The number of rotatable bonds is 6. The van der Waals surface area contributed by atoms with Gasteiger partial charge in [-0.15, -0.1) is 0 Å². The third-order valence-corrected chi connectivity index (χ3v) is 5.59. The molecule has 2 aliphatic rings. The third-order valence-electron chi connectivity index (χ3n) is 5.59. The minimum atomic E-state index is -0.432. The number of carbonyl (C=O) groups is 1. The van der Waals surface area contributed by atoms with Crippen LogP contribution in [0.25, 0.3) is 0 Å². The zero-order chi connectivity index (χ0) is 18.4. The van der Waals surface area contributed by atoms with Crippen LogP contribution in [0, 0.1) is 10.1 Å². The lowest BCUT2D eigenvalue weighted by Crippen LogP contribution is -2.59. The SMILES string of the molecule is O=C(Cc1ccc([N+](=O)[O-])cc1)NCC1(N2CCOCC2)CCCCC1. The molecule has 0 spiro atoms. The summed E-state index contributed by atoms with van der Waals surface area (Å²) >= 11 is 0. The van der Waals surface area contributed by atoms with Crippen LogP contribution >= 0.6 is 0 Å². The second-order valence-electron chi connectivity index (χ2n) is 7.26. The highest BCUT2D eigenvalue weighted by molar-refractivity contribution is 5.78. The highest BCUT2D eigenvalue weighted by Gasteiger charge is 2.38. The van der Waals surface area contributed by atoms with Crippen LogP contribution in [0.3, 0.4) is 0 Å². The van der Waals surface area contributed by atoms with E-state index in [0.29, 0.717) is 6.54 Å². The first-order valence-electron chi connectivity index (χ1n) is 9.42. The van der Waals surface area contributed by atoms with E-state index in [9.17, 15) is 14.9 Å². The maximum atomic E-state index is 12.4. The van der Waals surface area contributed by atoms with E-state index in [1.807, 2.05) is 0 Å². The number of hydrogen-bond acceptors (Lipinski definition) is 5. The Morgan fingerprint density at radius 3 is 2.42 bits per heavy atom. The minimum Gasteiger partial charge on any atom is -0.379 e. The molecule has 1 N–H and O–H groups in total. The van der Waals surface area contributed by atoms with Crippen LogP contribution < -0.4 is 5.32 Å². The molecule has 0 aromatic heterocycles. The molecule has 0 bridgehead atoms. The topological polar surface area (TPSA) is 84.7 Å². The maximum absolute atomic E-state index is 12.4. The molecule has 7 heteroatoms. The van der Waals surface area contributed by atoms with Crippen molar-refractivity contribution in [2.24, 2.45) is 0 Å².